The summed E-state index contributed by atoms with van der Waals surface area (Å²) in [5, 5.41) is 3.44. The predicted molar refractivity (Wildman–Crippen MR) is 153 cm³/mol. The van der Waals surface area contributed by atoms with Crippen molar-refractivity contribution in [1.82, 2.24) is 10.2 Å². The van der Waals surface area contributed by atoms with Gasteiger partial charge in [0.05, 0.1) is 12.6 Å². The molecular weight excluding hydrogens is 549 g/mol. The Labute approximate surface area is 243 Å². The first-order valence-electron chi connectivity index (χ1n) is 14.7. The monoisotopic (exact) mass is 585 g/mol. The summed E-state index contributed by atoms with van der Waals surface area (Å²) in [6.45, 7) is 3.99. The van der Waals surface area contributed by atoms with Crippen LogP contribution >= 0.6 is 0 Å². The minimum atomic E-state index is -4.53. The molecule has 3 heterocycles. The smallest absolute Gasteiger partial charge is 0.401 e. The zero-order chi connectivity index (χ0) is 29.5. The molecular formula is C33H36F5N3O. The van der Waals surface area contributed by atoms with Crippen LogP contribution in [0.4, 0.5) is 27.6 Å². The molecule has 1 N–H and O–H groups in total. The van der Waals surface area contributed by atoms with Gasteiger partial charge >= 0.3 is 6.18 Å². The summed E-state index contributed by atoms with van der Waals surface area (Å²) in [5.74, 6) is -1.09. The molecule has 2 saturated heterocycles. The van der Waals surface area contributed by atoms with E-state index in [1.807, 2.05) is 35.2 Å². The molecule has 3 aromatic carbocycles. The van der Waals surface area contributed by atoms with Gasteiger partial charge in [0.2, 0.25) is 0 Å². The lowest BCUT2D eigenvalue weighted by Gasteiger charge is -2.42. The van der Waals surface area contributed by atoms with Crippen LogP contribution in [-0.4, -0.2) is 49.8 Å². The Morgan fingerprint density at radius 1 is 1.00 bits per heavy atom. The van der Waals surface area contributed by atoms with Crippen LogP contribution in [0.1, 0.15) is 54.5 Å². The average molecular weight is 586 g/mol. The topological polar surface area (TPSA) is 27.7 Å². The third kappa shape index (κ3) is 5.99. The van der Waals surface area contributed by atoms with Gasteiger partial charge in [-0.15, -0.1) is 0 Å². The van der Waals surface area contributed by atoms with Crippen LogP contribution in [0.3, 0.4) is 0 Å². The summed E-state index contributed by atoms with van der Waals surface area (Å²) in [5.41, 5.74) is 2.35. The second-order valence-electron chi connectivity index (χ2n) is 12.2. The molecule has 4 nitrogen and oxygen atoms in total. The number of nitrogens with zero attached hydrogens (tertiary/aromatic N) is 2. The summed E-state index contributed by atoms with van der Waals surface area (Å²) in [6.07, 6.45) is -1.15. The van der Waals surface area contributed by atoms with Crippen LogP contribution in [0, 0.1) is 17.0 Å². The molecule has 0 aromatic heterocycles. The normalized spacial score (nSPS) is 24.7. The van der Waals surface area contributed by atoms with Gasteiger partial charge in [0.1, 0.15) is 24.0 Å². The first-order valence-corrected chi connectivity index (χ1v) is 14.7. The van der Waals surface area contributed by atoms with Crippen molar-refractivity contribution >= 4 is 5.69 Å². The maximum atomic E-state index is 16.0. The second kappa shape index (κ2) is 11.5. The third-order valence-corrected chi connectivity index (χ3v) is 9.13. The molecule has 0 amide bonds. The minimum Gasteiger partial charge on any atom is -0.489 e. The minimum absolute atomic E-state index is 0.0887. The van der Waals surface area contributed by atoms with Crippen molar-refractivity contribution in [2.24, 2.45) is 5.41 Å². The lowest BCUT2D eigenvalue weighted by Crippen LogP contribution is -2.47. The highest BCUT2D eigenvalue weighted by Gasteiger charge is 2.43. The van der Waals surface area contributed by atoms with Gasteiger partial charge in [0, 0.05) is 42.3 Å². The molecule has 2 fully saturated rings. The molecule has 3 aliphatic heterocycles. The van der Waals surface area contributed by atoms with E-state index in [1.165, 1.54) is 17.0 Å². The zero-order valence-corrected chi connectivity index (χ0v) is 23.7. The van der Waals surface area contributed by atoms with Crippen molar-refractivity contribution in [1.29, 1.82) is 0 Å². The number of hydrogen-bond donors (Lipinski definition) is 1. The van der Waals surface area contributed by atoms with E-state index < -0.39 is 36.4 Å². The highest BCUT2D eigenvalue weighted by Crippen LogP contribution is 2.44. The van der Waals surface area contributed by atoms with Crippen LogP contribution in [0.25, 0.3) is 0 Å². The number of alkyl halides is 3. The molecule has 6 rings (SSSR count). The Balaban J connectivity index is 1.33. The van der Waals surface area contributed by atoms with Crippen LogP contribution in [0.5, 0.6) is 5.75 Å². The fourth-order valence-corrected chi connectivity index (χ4v) is 7.05. The number of benzene rings is 3. The van der Waals surface area contributed by atoms with E-state index >= 15 is 8.78 Å². The molecule has 1 spiro atoms. The fourth-order valence-electron chi connectivity index (χ4n) is 7.05. The van der Waals surface area contributed by atoms with Crippen LogP contribution < -0.4 is 15.0 Å². The molecule has 224 valence electrons. The quantitative estimate of drug-likeness (QED) is 0.315. The Morgan fingerprint density at radius 2 is 1.76 bits per heavy atom. The van der Waals surface area contributed by atoms with E-state index in [2.05, 4.69) is 5.32 Å². The first kappa shape index (κ1) is 28.9. The number of hydrogen-bond acceptors (Lipinski definition) is 4. The van der Waals surface area contributed by atoms with E-state index in [4.69, 9.17) is 4.74 Å². The molecule has 42 heavy (non-hydrogen) atoms. The molecule has 9 heteroatoms. The van der Waals surface area contributed by atoms with Crippen molar-refractivity contribution in [2.75, 3.05) is 37.6 Å². The molecule has 2 unspecified atom stereocenters. The number of halogens is 5. The highest BCUT2D eigenvalue weighted by atomic mass is 19.4. The van der Waals surface area contributed by atoms with Crippen molar-refractivity contribution < 1.29 is 26.7 Å². The Kier molecular flexibility index (Phi) is 7.91. The van der Waals surface area contributed by atoms with E-state index in [0.29, 0.717) is 43.1 Å². The number of piperidine rings is 1. The highest BCUT2D eigenvalue weighted by molar-refractivity contribution is 5.53. The molecule has 0 aliphatic carbocycles. The first-order chi connectivity index (χ1) is 20.1. The Hall–Kier alpha value is -3.17. The van der Waals surface area contributed by atoms with E-state index in [1.54, 1.807) is 25.1 Å². The van der Waals surface area contributed by atoms with Gasteiger partial charge in [-0.2, -0.15) is 13.2 Å². The molecule has 3 aromatic rings. The summed E-state index contributed by atoms with van der Waals surface area (Å²) in [4.78, 5) is 3.18. The molecule has 0 radical (unpaired) electrons. The van der Waals surface area contributed by atoms with Gasteiger partial charge in [-0.3, -0.25) is 4.90 Å². The SMILES string of the molecule is C[C@@H]1Cc2cc(OCc3ccccc3)ccc2C(c2c(F)cc(N3CCC4(CCCNC4)C3)cc2F)N1CC(F)(F)F. The Morgan fingerprint density at radius 3 is 2.45 bits per heavy atom. The van der Waals surface area contributed by atoms with Gasteiger partial charge in [-0.05, 0) is 80.1 Å². The third-order valence-electron chi connectivity index (χ3n) is 9.13. The van der Waals surface area contributed by atoms with Gasteiger partial charge in [0.25, 0.3) is 0 Å². The average Bonchev–Trinajstić information content (AvgIpc) is 3.36. The van der Waals surface area contributed by atoms with Crippen molar-refractivity contribution in [3.8, 4) is 5.75 Å². The predicted octanol–water partition coefficient (Wildman–Crippen LogP) is 7.02. The van der Waals surface area contributed by atoms with Crippen LogP contribution in [0.2, 0.25) is 0 Å². The largest absolute Gasteiger partial charge is 0.489 e. The maximum absolute atomic E-state index is 16.0. The van der Waals surface area contributed by atoms with Crippen LogP contribution in [-0.2, 0) is 13.0 Å². The summed E-state index contributed by atoms with van der Waals surface area (Å²) in [7, 11) is 0. The standard InChI is InChI=1S/C33H36F5N3O/c1-22-14-24-15-26(42-18-23-6-3-2-4-7-23)8-9-27(24)31(41(22)21-33(36,37)38)30-28(34)16-25(17-29(30)35)40-13-11-32(20-40)10-5-12-39-19-32/h2-4,6-9,15-17,22,31,39H,5,10-14,18-21H2,1H3/t22-,31?,32?/m1/s1. The molecule has 3 atom stereocenters. The number of fused-ring (bicyclic) bond motifs is 1. The number of nitrogens with one attached hydrogen (secondary N) is 1. The van der Waals surface area contributed by atoms with Crippen molar-refractivity contribution in [2.45, 2.75) is 57.5 Å². The van der Waals surface area contributed by atoms with Gasteiger partial charge in [0.15, 0.2) is 0 Å². The van der Waals surface area contributed by atoms with Crippen molar-refractivity contribution in [3.63, 3.8) is 0 Å². The fraction of sp³-hybridized carbons (Fsp3) is 0.455. The molecule has 0 saturated carbocycles. The molecule has 0 bridgehead atoms. The number of rotatable bonds is 6. The maximum Gasteiger partial charge on any atom is 0.401 e. The summed E-state index contributed by atoms with van der Waals surface area (Å²) >= 11 is 0. The zero-order valence-electron chi connectivity index (χ0n) is 23.7. The molecule has 3 aliphatic rings. The van der Waals surface area contributed by atoms with E-state index in [-0.39, 0.29) is 11.0 Å². The second-order valence-corrected chi connectivity index (χ2v) is 12.2. The van der Waals surface area contributed by atoms with Gasteiger partial charge < -0.3 is 15.0 Å². The lowest BCUT2D eigenvalue weighted by atomic mass is 9.80. The van der Waals surface area contributed by atoms with Crippen molar-refractivity contribution in [3.05, 3.63) is 94.6 Å². The summed E-state index contributed by atoms with van der Waals surface area (Å²) < 4.78 is 79.3. The van der Waals surface area contributed by atoms with E-state index in [0.717, 1.165) is 43.5 Å². The lowest BCUT2D eigenvalue weighted by molar-refractivity contribution is -0.155. The van der Waals surface area contributed by atoms with Gasteiger partial charge in [-0.25, -0.2) is 8.78 Å². The Bertz CT molecular complexity index is 1380. The summed E-state index contributed by atoms with van der Waals surface area (Å²) in [6, 6.07) is 15.5. The van der Waals surface area contributed by atoms with E-state index in [9.17, 15) is 13.2 Å². The number of ether oxygens (including phenoxy) is 1. The van der Waals surface area contributed by atoms with Gasteiger partial charge in [-0.1, -0.05) is 36.4 Å². The number of anilines is 1. The van der Waals surface area contributed by atoms with Crippen LogP contribution in [0.15, 0.2) is 60.7 Å².